The lowest BCUT2D eigenvalue weighted by Crippen LogP contribution is -1.99. The zero-order chi connectivity index (χ0) is 15.7. The predicted molar refractivity (Wildman–Crippen MR) is 65.5 cm³/mol. The largest absolute Gasteiger partial charge is 0.475 e. The maximum absolute atomic E-state index is 12.7. The van der Waals surface area contributed by atoms with Gasteiger partial charge in [0.15, 0.2) is 5.69 Å². The lowest BCUT2D eigenvalue weighted by molar-refractivity contribution is -0.384. The van der Waals surface area contributed by atoms with E-state index < -0.39 is 40.4 Å². The Balaban J connectivity index is 2.71. The van der Waals surface area contributed by atoms with Crippen molar-refractivity contribution in [2.24, 2.45) is 0 Å². The van der Waals surface area contributed by atoms with Crippen LogP contribution in [0.1, 0.15) is 22.7 Å². The fourth-order valence-electron chi connectivity index (χ4n) is 1.62. The van der Waals surface area contributed by atoms with Gasteiger partial charge in [-0.25, -0.2) is 18.6 Å². The molecule has 1 aromatic carbocycles. The third kappa shape index (κ3) is 2.68. The number of hydrogen-bond acceptors (Lipinski definition) is 5. The second kappa shape index (κ2) is 5.44. The molecule has 0 amide bonds. The number of carbonyl (C=O) groups is 1. The zero-order valence-corrected chi connectivity index (χ0v) is 10.7. The van der Waals surface area contributed by atoms with Gasteiger partial charge in [-0.15, -0.1) is 0 Å². The number of oxazole rings is 1. The van der Waals surface area contributed by atoms with Gasteiger partial charge in [0.05, 0.1) is 9.95 Å². The molecule has 0 aliphatic carbocycles. The number of nitro groups is 1. The number of hydrogen-bond donors (Lipinski definition) is 1. The molecule has 0 fully saturated rings. The Morgan fingerprint density at radius 1 is 1.48 bits per heavy atom. The molecule has 0 radical (unpaired) electrons. The summed E-state index contributed by atoms with van der Waals surface area (Å²) in [6.07, 6.45) is -3.21. The maximum Gasteiger partial charge on any atom is 0.374 e. The Hall–Kier alpha value is -2.55. The molecule has 1 heterocycles. The quantitative estimate of drug-likeness (QED) is 0.682. The van der Waals surface area contributed by atoms with Gasteiger partial charge in [0.1, 0.15) is 5.56 Å². The predicted octanol–water partition coefficient (Wildman–Crippen LogP) is 3.54. The van der Waals surface area contributed by atoms with Gasteiger partial charge in [-0.1, -0.05) is 17.7 Å². The molecule has 21 heavy (non-hydrogen) atoms. The third-order valence-electron chi connectivity index (χ3n) is 2.46. The zero-order valence-electron chi connectivity index (χ0n) is 9.92. The number of carboxylic acid groups (broad SMARTS) is 1. The minimum absolute atomic E-state index is 0.178. The summed E-state index contributed by atoms with van der Waals surface area (Å²) in [4.78, 5) is 24.3. The molecule has 0 saturated heterocycles. The van der Waals surface area contributed by atoms with Crippen LogP contribution in [-0.2, 0) is 0 Å². The highest BCUT2D eigenvalue weighted by molar-refractivity contribution is 6.33. The topological polar surface area (TPSA) is 106 Å². The van der Waals surface area contributed by atoms with Crippen molar-refractivity contribution in [1.29, 1.82) is 0 Å². The van der Waals surface area contributed by atoms with E-state index in [9.17, 15) is 23.7 Å². The second-order valence-corrected chi connectivity index (χ2v) is 4.14. The van der Waals surface area contributed by atoms with Crippen LogP contribution in [0, 0.1) is 10.1 Å². The van der Waals surface area contributed by atoms with Crippen molar-refractivity contribution < 1.29 is 28.0 Å². The van der Waals surface area contributed by atoms with Crippen LogP contribution in [0.15, 0.2) is 22.6 Å². The Kier molecular flexibility index (Phi) is 3.85. The summed E-state index contributed by atoms with van der Waals surface area (Å²) >= 11 is 5.79. The molecule has 0 spiro atoms. The van der Waals surface area contributed by atoms with Crippen LogP contribution < -0.4 is 0 Å². The van der Waals surface area contributed by atoms with E-state index in [4.69, 9.17) is 21.1 Å². The summed E-state index contributed by atoms with van der Waals surface area (Å²) in [5.74, 6) is -3.51. The van der Waals surface area contributed by atoms with Crippen molar-refractivity contribution in [2.75, 3.05) is 0 Å². The lowest BCUT2D eigenvalue weighted by Gasteiger charge is -2.00. The number of halogens is 3. The Labute approximate surface area is 119 Å². The van der Waals surface area contributed by atoms with Gasteiger partial charge in [-0.2, -0.15) is 0 Å². The SMILES string of the molecule is O=C(O)c1oc(-c2c(Cl)cccc2[N+](=O)[O-])nc1C(F)F. The highest BCUT2D eigenvalue weighted by Crippen LogP contribution is 2.37. The van der Waals surface area contributed by atoms with Crippen LogP contribution in [0.4, 0.5) is 14.5 Å². The molecule has 1 N–H and O–H groups in total. The van der Waals surface area contributed by atoms with E-state index in [1.54, 1.807) is 0 Å². The first-order chi connectivity index (χ1) is 9.82. The monoisotopic (exact) mass is 318 g/mol. The number of nitro benzene ring substituents is 1. The molecule has 2 aromatic rings. The maximum atomic E-state index is 12.7. The number of nitrogens with zero attached hydrogens (tertiary/aromatic N) is 2. The molecule has 2 rings (SSSR count). The highest BCUT2D eigenvalue weighted by Gasteiger charge is 2.30. The molecular formula is C11H5ClF2N2O5. The highest BCUT2D eigenvalue weighted by atomic mass is 35.5. The third-order valence-corrected chi connectivity index (χ3v) is 2.77. The van der Waals surface area contributed by atoms with Crippen LogP contribution in [0.2, 0.25) is 5.02 Å². The van der Waals surface area contributed by atoms with Crippen molar-refractivity contribution in [1.82, 2.24) is 4.98 Å². The second-order valence-electron chi connectivity index (χ2n) is 3.73. The Bertz CT molecular complexity index is 731. The van der Waals surface area contributed by atoms with Gasteiger partial charge in [0.25, 0.3) is 12.1 Å². The molecule has 0 bridgehead atoms. The number of alkyl halides is 2. The van der Waals surface area contributed by atoms with E-state index in [-0.39, 0.29) is 10.6 Å². The van der Waals surface area contributed by atoms with Crippen LogP contribution in [-0.4, -0.2) is 21.0 Å². The van der Waals surface area contributed by atoms with Gasteiger partial charge in [0, 0.05) is 6.07 Å². The normalized spacial score (nSPS) is 10.9. The van der Waals surface area contributed by atoms with E-state index in [2.05, 4.69) is 4.98 Å². The summed E-state index contributed by atoms with van der Waals surface area (Å²) in [5.41, 5.74) is -2.02. The van der Waals surface area contributed by atoms with Crippen LogP contribution in [0.25, 0.3) is 11.5 Å². The van der Waals surface area contributed by atoms with Crippen molar-refractivity contribution in [3.05, 3.63) is 44.8 Å². The summed E-state index contributed by atoms with van der Waals surface area (Å²) in [7, 11) is 0. The van der Waals surface area contributed by atoms with Gasteiger partial charge >= 0.3 is 5.97 Å². The van der Waals surface area contributed by atoms with E-state index in [0.717, 1.165) is 6.07 Å². The molecule has 0 saturated carbocycles. The first-order valence-electron chi connectivity index (χ1n) is 5.28. The van der Waals surface area contributed by atoms with Gasteiger partial charge in [0.2, 0.25) is 11.7 Å². The van der Waals surface area contributed by atoms with E-state index >= 15 is 0 Å². The minimum Gasteiger partial charge on any atom is -0.475 e. The fraction of sp³-hybridized carbons (Fsp3) is 0.0909. The van der Waals surface area contributed by atoms with E-state index in [0.29, 0.717) is 0 Å². The van der Waals surface area contributed by atoms with Crippen molar-refractivity contribution in [3.63, 3.8) is 0 Å². The van der Waals surface area contributed by atoms with E-state index in [1.807, 2.05) is 0 Å². The van der Waals surface area contributed by atoms with Crippen molar-refractivity contribution in [2.45, 2.75) is 6.43 Å². The summed E-state index contributed by atoms with van der Waals surface area (Å²) < 4.78 is 30.2. The van der Waals surface area contributed by atoms with Crippen LogP contribution in [0.3, 0.4) is 0 Å². The molecule has 1 aromatic heterocycles. The average molecular weight is 319 g/mol. The molecular weight excluding hydrogens is 314 g/mol. The number of benzene rings is 1. The molecule has 0 aliphatic heterocycles. The Morgan fingerprint density at radius 2 is 2.14 bits per heavy atom. The average Bonchev–Trinajstić information content (AvgIpc) is 2.83. The van der Waals surface area contributed by atoms with Gasteiger partial charge < -0.3 is 9.52 Å². The first kappa shape index (κ1) is 14.9. The van der Waals surface area contributed by atoms with Crippen molar-refractivity contribution in [3.8, 4) is 11.5 Å². The molecule has 0 atom stereocenters. The summed E-state index contributed by atoms with van der Waals surface area (Å²) in [5, 5.41) is 19.5. The summed E-state index contributed by atoms with van der Waals surface area (Å²) in [6.45, 7) is 0. The molecule has 110 valence electrons. The fourth-order valence-corrected chi connectivity index (χ4v) is 1.87. The number of aromatic nitrogens is 1. The molecule has 10 heteroatoms. The van der Waals surface area contributed by atoms with Gasteiger partial charge in [-0.3, -0.25) is 10.1 Å². The lowest BCUT2D eigenvalue weighted by atomic mass is 10.2. The minimum atomic E-state index is -3.21. The smallest absolute Gasteiger partial charge is 0.374 e. The van der Waals surface area contributed by atoms with Crippen LogP contribution in [0.5, 0.6) is 0 Å². The van der Waals surface area contributed by atoms with Crippen LogP contribution >= 0.6 is 11.6 Å². The number of rotatable bonds is 4. The standard InChI is InChI=1S/C11H5ClF2N2O5/c12-4-2-1-3-5(16(19)20)6(4)10-15-7(9(13)14)8(21-10)11(17)18/h1-3,9H,(H,17,18). The summed E-state index contributed by atoms with van der Waals surface area (Å²) in [6, 6.07) is 3.60. The van der Waals surface area contributed by atoms with E-state index in [1.165, 1.54) is 12.1 Å². The Morgan fingerprint density at radius 3 is 2.62 bits per heavy atom. The first-order valence-corrected chi connectivity index (χ1v) is 5.66. The van der Waals surface area contributed by atoms with Gasteiger partial charge in [-0.05, 0) is 6.07 Å². The molecule has 0 unspecified atom stereocenters. The molecule has 7 nitrogen and oxygen atoms in total. The number of carboxylic acids is 1. The van der Waals surface area contributed by atoms with Crippen molar-refractivity contribution >= 4 is 23.3 Å². The number of aromatic carboxylic acids is 1. The molecule has 0 aliphatic rings.